The summed E-state index contributed by atoms with van der Waals surface area (Å²) in [7, 11) is 1.68. The van der Waals surface area contributed by atoms with Crippen LogP contribution < -0.4 is 4.90 Å². The second kappa shape index (κ2) is 8.00. The maximum Gasteiger partial charge on any atom is 0.414 e. The quantitative estimate of drug-likeness (QED) is 0.670. The third kappa shape index (κ3) is 4.08. The average molecular weight is 342 g/mol. The van der Waals surface area contributed by atoms with Crippen molar-refractivity contribution in [3.63, 3.8) is 0 Å². The molecule has 4 heteroatoms. The Hall–Kier alpha value is -3.58. The smallest absolute Gasteiger partial charge is 0.414 e. The minimum atomic E-state index is -0.420. The number of carbonyl (C=O) groups excluding carboxylic acids is 1. The predicted molar refractivity (Wildman–Crippen MR) is 102 cm³/mol. The van der Waals surface area contributed by atoms with Crippen molar-refractivity contribution in [1.29, 1.82) is 5.26 Å². The number of hydrogen-bond acceptors (Lipinski definition) is 3. The molecule has 26 heavy (non-hydrogen) atoms. The Labute approximate surface area is 152 Å². The van der Waals surface area contributed by atoms with Crippen LogP contribution in [-0.4, -0.2) is 13.1 Å². The first-order valence-corrected chi connectivity index (χ1v) is 8.22. The van der Waals surface area contributed by atoms with E-state index in [0.29, 0.717) is 5.56 Å². The van der Waals surface area contributed by atoms with Crippen LogP contribution >= 0.6 is 0 Å². The molecular weight excluding hydrogens is 324 g/mol. The Kier molecular flexibility index (Phi) is 5.31. The third-order valence-electron chi connectivity index (χ3n) is 4.04. The molecule has 0 heterocycles. The molecule has 0 aromatic heterocycles. The van der Waals surface area contributed by atoms with Crippen LogP contribution in [0.1, 0.15) is 11.1 Å². The van der Waals surface area contributed by atoms with Gasteiger partial charge in [-0.25, -0.2) is 4.79 Å². The van der Waals surface area contributed by atoms with E-state index in [1.54, 1.807) is 13.1 Å². The van der Waals surface area contributed by atoms with Gasteiger partial charge in [0.15, 0.2) is 0 Å². The van der Waals surface area contributed by atoms with E-state index < -0.39 is 6.09 Å². The maximum absolute atomic E-state index is 12.3. The molecule has 0 radical (unpaired) electrons. The van der Waals surface area contributed by atoms with Crippen LogP contribution in [0.3, 0.4) is 0 Å². The summed E-state index contributed by atoms with van der Waals surface area (Å²) >= 11 is 0. The first-order chi connectivity index (χ1) is 12.7. The standard InChI is InChI=1S/C22H18N2O2/c1-24(22(25)26-16-17-7-3-2-4-8-17)21-12-6-11-20(14-21)19-10-5-9-18(13-19)15-23/h2-14H,16H2,1H3. The summed E-state index contributed by atoms with van der Waals surface area (Å²) in [5, 5.41) is 9.06. The van der Waals surface area contributed by atoms with Crippen LogP contribution in [0, 0.1) is 11.3 Å². The van der Waals surface area contributed by atoms with E-state index in [1.807, 2.05) is 72.8 Å². The fourth-order valence-corrected chi connectivity index (χ4v) is 2.58. The van der Waals surface area contributed by atoms with Gasteiger partial charge in [0.2, 0.25) is 0 Å². The number of hydrogen-bond donors (Lipinski definition) is 0. The fraction of sp³-hybridized carbons (Fsp3) is 0.0909. The first-order valence-electron chi connectivity index (χ1n) is 8.22. The molecule has 0 aliphatic heterocycles. The summed E-state index contributed by atoms with van der Waals surface area (Å²) in [4.78, 5) is 13.8. The number of nitrogens with zero attached hydrogens (tertiary/aromatic N) is 2. The van der Waals surface area contributed by atoms with Gasteiger partial charge >= 0.3 is 6.09 Å². The van der Waals surface area contributed by atoms with Gasteiger partial charge in [0.05, 0.1) is 11.6 Å². The zero-order valence-corrected chi connectivity index (χ0v) is 14.4. The summed E-state index contributed by atoms with van der Waals surface area (Å²) in [6.07, 6.45) is -0.420. The van der Waals surface area contributed by atoms with Crippen molar-refractivity contribution in [1.82, 2.24) is 0 Å². The molecule has 0 aliphatic carbocycles. The van der Waals surface area contributed by atoms with Crippen molar-refractivity contribution in [3.05, 3.63) is 90.0 Å². The highest BCUT2D eigenvalue weighted by atomic mass is 16.6. The highest BCUT2D eigenvalue weighted by Gasteiger charge is 2.13. The van der Waals surface area contributed by atoms with E-state index >= 15 is 0 Å². The van der Waals surface area contributed by atoms with Crippen LogP contribution in [0.4, 0.5) is 10.5 Å². The molecule has 0 saturated carbocycles. The predicted octanol–water partition coefficient (Wildman–Crippen LogP) is 5.00. The van der Waals surface area contributed by atoms with Gasteiger partial charge in [-0.1, -0.05) is 54.6 Å². The first kappa shape index (κ1) is 17.2. The molecule has 0 unspecified atom stereocenters. The number of ether oxygens (including phenoxy) is 1. The van der Waals surface area contributed by atoms with Gasteiger partial charge in [-0.3, -0.25) is 4.90 Å². The van der Waals surface area contributed by atoms with Gasteiger partial charge in [-0.15, -0.1) is 0 Å². The van der Waals surface area contributed by atoms with Crippen molar-refractivity contribution >= 4 is 11.8 Å². The normalized spacial score (nSPS) is 10.0. The lowest BCUT2D eigenvalue weighted by Crippen LogP contribution is -2.26. The molecule has 3 aromatic rings. The summed E-state index contributed by atoms with van der Waals surface area (Å²) in [5.41, 5.74) is 4.13. The highest BCUT2D eigenvalue weighted by molar-refractivity contribution is 5.88. The van der Waals surface area contributed by atoms with E-state index in [1.165, 1.54) is 4.90 Å². The summed E-state index contributed by atoms with van der Waals surface area (Å²) in [6.45, 7) is 0.230. The molecule has 3 rings (SSSR count). The molecular formula is C22H18N2O2. The van der Waals surface area contributed by atoms with Gasteiger partial charge in [0, 0.05) is 12.7 Å². The Bertz CT molecular complexity index is 946. The monoisotopic (exact) mass is 342 g/mol. The summed E-state index contributed by atoms with van der Waals surface area (Å²) < 4.78 is 5.37. The molecule has 0 bridgehead atoms. The zero-order chi connectivity index (χ0) is 18.4. The van der Waals surface area contributed by atoms with E-state index in [2.05, 4.69) is 6.07 Å². The third-order valence-corrected chi connectivity index (χ3v) is 4.04. The van der Waals surface area contributed by atoms with Gasteiger partial charge in [-0.05, 0) is 41.0 Å². The van der Waals surface area contributed by atoms with E-state index in [0.717, 1.165) is 22.4 Å². The minimum absolute atomic E-state index is 0.230. The SMILES string of the molecule is CN(C(=O)OCc1ccccc1)c1cccc(-c2cccc(C#N)c2)c1. The molecule has 0 N–H and O–H groups in total. The molecule has 0 aliphatic rings. The van der Waals surface area contributed by atoms with Crippen molar-refractivity contribution in [2.75, 3.05) is 11.9 Å². The largest absolute Gasteiger partial charge is 0.444 e. The summed E-state index contributed by atoms with van der Waals surface area (Å²) in [6, 6.07) is 26.7. The van der Waals surface area contributed by atoms with Crippen molar-refractivity contribution in [2.45, 2.75) is 6.61 Å². The molecule has 128 valence electrons. The van der Waals surface area contributed by atoms with Gasteiger partial charge in [-0.2, -0.15) is 5.26 Å². The van der Waals surface area contributed by atoms with E-state index in [9.17, 15) is 4.79 Å². The van der Waals surface area contributed by atoms with Crippen LogP contribution in [0.15, 0.2) is 78.9 Å². The lowest BCUT2D eigenvalue weighted by molar-refractivity contribution is 0.148. The maximum atomic E-state index is 12.3. The van der Waals surface area contributed by atoms with Crippen molar-refractivity contribution < 1.29 is 9.53 Å². The molecule has 1 amide bonds. The van der Waals surface area contributed by atoms with Crippen molar-refractivity contribution in [3.8, 4) is 17.2 Å². The lowest BCUT2D eigenvalue weighted by Gasteiger charge is -2.18. The highest BCUT2D eigenvalue weighted by Crippen LogP contribution is 2.25. The van der Waals surface area contributed by atoms with Crippen molar-refractivity contribution in [2.24, 2.45) is 0 Å². The fourth-order valence-electron chi connectivity index (χ4n) is 2.58. The average Bonchev–Trinajstić information content (AvgIpc) is 2.72. The minimum Gasteiger partial charge on any atom is -0.444 e. The molecule has 0 saturated heterocycles. The molecule has 4 nitrogen and oxygen atoms in total. The molecule has 3 aromatic carbocycles. The van der Waals surface area contributed by atoms with Crippen LogP contribution in [0.2, 0.25) is 0 Å². The molecule has 0 fully saturated rings. The number of anilines is 1. The van der Waals surface area contributed by atoms with E-state index in [4.69, 9.17) is 10.00 Å². The van der Waals surface area contributed by atoms with Crippen LogP contribution in [0.5, 0.6) is 0 Å². The Balaban J connectivity index is 1.74. The second-order valence-electron chi connectivity index (χ2n) is 5.84. The zero-order valence-electron chi connectivity index (χ0n) is 14.4. The number of carbonyl (C=O) groups is 1. The molecule has 0 spiro atoms. The van der Waals surface area contributed by atoms with Gasteiger partial charge < -0.3 is 4.74 Å². The number of amides is 1. The number of nitriles is 1. The Morgan fingerprint density at radius 2 is 1.65 bits per heavy atom. The summed E-state index contributed by atoms with van der Waals surface area (Å²) in [5.74, 6) is 0. The lowest BCUT2D eigenvalue weighted by atomic mass is 10.0. The Morgan fingerprint density at radius 3 is 2.38 bits per heavy atom. The van der Waals surface area contributed by atoms with E-state index in [-0.39, 0.29) is 6.61 Å². The number of rotatable bonds is 4. The number of benzene rings is 3. The van der Waals surface area contributed by atoms with Crippen LogP contribution in [0.25, 0.3) is 11.1 Å². The second-order valence-corrected chi connectivity index (χ2v) is 5.84. The van der Waals surface area contributed by atoms with Gasteiger partial charge in [0.25, 0.3) is 0 Å². The Morgan fingerprint density at radius 1 is 0.962 bits per heavy atom. The molecule has 0 atom stereocenters. The van der Waals surface area contributed by atoms with Crippen LogP contribution in [-0.2, 0) is 11.3 Å². The topological polar surface area (TPSA) is 53.3 Å². The van der Waals surface area contributed by atoms with Gasteiger partial charge in [0.1, 0.15) is 6.61 Å².